The van der Waals surface area contributed by atoms with Crippen LogP contribution < -0.4 is 5.32 Å². The number of thioether (sulfide) groups is 1. The van der Waals surface area contributed by atoms with Gasteiger partial charge in [-0.05, 0) is 31.4 Å². The van der Waals surface area contributed by atoms with Crippen molar-refractivity contribution in [1.82, 2.24) is 4.98 Å². The summed E-state index contributed by atoms with van der Waals surface area (Å²) in [5, 5.41) is 14.2. The zero-order chi connectivity index (χ0) is 15.4. The van der Waals surface area contributed by atoms with Gasteiger partial charge in [0.1, 0.15) is 5.03 Å². The molecule has 21 heavy (non-hydrogen) atoms. The lowest BCUT2D eigenvalue weighted by Gasteiger charge is -2.10. The molecule has 0 aliphatic carbocycles. The highest BCUT2D eigenvalue weighted by Crippen LogP contribution is 2.26. The first-order valence-corrected chi connectivity index (χ1v) is 7.31. The van der Waals surface area contributed by atoms with E-state index in [4.69, 9.17) is 0 Å². The molecule has 6 nitrogen and oxygen atoms in total. The average molecular weight is 303 g/mol. The number of hydrogen-bond acceptors (Lipinski definition) is 5. The highest BCUT2D eigenvalue weighted by molar-refractivity contribution is 7.98. The number of nitrogens with zero attached hydrogens (tertiary/aromatic N) is 2. The van der Waals surface area contributed by atoms with E-state index in [9.17, 15) is 14.9 Å². The smallest absolute Gasteiger partial charge is 0.274 e. The van der Waals surface area contributed by atoms with Gasteiger partial charge in [-0.3, -0.25) is 14.9 Å². The van der Waals surface area contributed by atoms with E-state index in [1.54, 1.807) is 37.4 Å². The molecule has 0 bridgehead atoms. The second-order valence-electron chi connectivity index (χ2n) is 4.22. The molecule has 0 spiro atoms. The molecule has 2 aromatic rings. The van der Waals surface area contributed by atoms with Crippen molar-refractivity contribution in [2.45, 2.75) is 11.9 Å². The van der Waals surface area contributed by atoms with E-state index in [1.807, 2.05) is 6.26 Å². The van der Waals surface area contributed by atoms with E-state index < -0.39 is 4.92 Å². The zero-order valence-electron chi connectivity index (χ0n) is 11.5. The summed E-state index contributed by atoms with van der Waals surface area (Å²) in [6, 6.07) is 7.92. The third-order valence-corrected chi connectivity index (χ3v) is 3.67. The fourth-order valence-electron chi connectivity index (χ4n) is 1.87. The monoisotopic (exact) mass is 303 g/mol. The number of carbonyl (C=O) groups is 1. The van der Waals surface area contributed by atoms with Crippen molar-refractivity contribution in [2.75, 3.05) is 11.6 Å². The lowest BCUT2D eigenvalue weighted by Crippen LogP contribution is -2.14. The van der Waals surface area contributed by atoms with Crippen LogP contribution >= 0.6 is 11.8 Å². The molecule has 1 aromatic carbocycles. The molecule has 0 aliphatic heterocycles. The Morgan fingerprint density at radius 2 is 2.10 bits per heavy atom. The molecular formula is C14H13N3O3S. The Kier molecular flexibility index (Phi) is 4.54. The van der Waals surface area contributed by atoms with Gasteiger partial charge < -0.3 is 5.32 Å². The quantitative estimate of drug-likeness (QED) is 0.532. The summed E-state index contributed by atoms with van der Waals surface area (Å²) in [7, 11) is 0. The zero-order valence-corrected chi connectivity index (χ0v) is 12.3. The van der Waals surface area contributed by atoms with Crippen LogP contribution in [0.25, 0.3) is 0 Å². The first kappa shape index (κ1) is 15.0. The summed E-state index contributed by atoms with van der Waals surface area (Å²) in [6.45, 7) is 1.60. The minimum atomic E-state index is -0.470. The standard InChI is InChI=1S/C14H13N3O3S/c1-9-11(6-3-7-12(9)17(19)20)16-13(18)10-5-4-8-15-14(10)21-2/h3-8H,1-2H3,(H,16,18). The van der Waals surface area contributed by atoms with Crippen LogP contribution in [0.4, 0.5) is 11.4 Å². The van der Waals surface area contributed by atoms with Crippen LogP contribution in [0, 0.1) is 17.0 Å². The molecule has 1 amide bonds. The Morgan fingerprint density at radius 3 is 2.76 bits per heavy atom. The van der Waals surface area contributed by atoms with Crippen molar-refractivity contribution in [3.8, 4) is 0 Å². The van der Waals surface area contributed by atoms with Crippen molar-refractivity contribution >= 4 is 29.0 Å². The van der Waals surface area contributed by atoms with Gasteiger partial charge in [0.2, 0.25) is 0 Å². The lowest BCUT2D eigenvalue weighted by atomic mass is 10.1. The average Bonchev–Trinajstić information content (AvgIpc) is 2.48. The number of hydrogen-bond donors (Lipinski definition) is 1. The molecule has 0 aliphatic rings. The summed E-state index contributed by atoms with van der Waals surface area (Å²) in [5.74, 6) is -0.337. The van der Waals surface area contributed by atoms with Crippen LogP contribution in [0.5, 0.6) is 0 Å². The van der Waals surface area contributed by atoms with Crippen LogP contribution in [0.2, 0.25) is 0 Å². The molecule has 1 N–H and O–H groups in total. The summed E-state index contributed by atoms with van der Waals surface area (Å²) < 4.78 is 0. The number of carbonyl (C=O) groups excluding carboxylic acids is 1. The van der Waals surface area contributed by atoms with E-state index in [0.29, 0.717) is 21.8 Å². The van der Waals surface area contributed by atoms with Crippen LogP contribution in [0.1, 0.15) is 15.9 Å². The SMILES string of the molecule is CSc1ncccc1C(=O)Nc1cccc([N+](=O)[O-])c1C. The second kappa shape index (κ2) is 6.36. The first-order chi connectivity index (χ1) is 10.0. The van der Waals surface area contributed by atoms with E-state index in [-0.39, 0.29) is 11.6 Å². The number of pyridine rings is 1. The number of nitro benzene ring substituents is 1. The fraction of sp³-hybridized carbons (Fsp3) is 0.143. The van der Waals surface area contributed by atoms with Crippen LogP contribution in [0.15, 0.2) is 41.6 Å². The van der Waals surface area contributed by atoms with Crippen molar-refractivity contribution in [3.63, 3.8) is 0 Å². The van der Waals surface area contributed by atoms with Crippen molar-refractivity contribution in [1.29, 1.82) is 0 Å². The summed E-state index contributed by atoms with van der Waals surface area (Å²) >= 11 is 1.37. The maximum absolute atomic E-state index is 12.3. The van der Waals surface area contributed by atoms with E-state index in [1.165, 1.54) is 17.8 Å². The molecule has 1 heterocycles. The highest BCUT2D eigenvalue weighted by atomic mass is 32.2. The molecule has 2 rings (SSSR count). The van der Waals surface area contributed by atoms with E-state index in [0.717, 1.165) is 0 Å². The van der Waals surface area contributed by atoms with Gasteiger partial charge in [0, 0.05) is 12.3 Å². The minimum Gasteiger partial charge on any atom is -0.321 e. The van der Waals surface area contributed by atoms with Gasteiger partial charge in [-0.25, -0.2) is 4.98 Å². The largest absolute Gasteiger partial charge is 0.321 e. The lowest BCUT2D eigenvalue weighted by molar-refractivity contribution is -0.385. The van der Waals surface area contributed by atoms with Crippen molar-refractivity contribution in [2.24, 2.45) is 0 Å². The number of amides is 1. The normalized spacial score (nSPS) is 10.2. The van der Waals surface area contributed by atoms with Gasteiger partial charge in [-0.1, -0.05) is 6.07 Å². The molecule has 0 atom stereocenters. The van der Waals surface area contributed by atoms with Gasteiger partial charge in [-0.2, -0.15) is 0 Å². The molecular weight excluding hydrogens is 290 g/mol. The van der Waals surface area contributed by atoms with Crippen molar-refractivity contribution < 1.29 is 9.72 Å². The number of nitro groups is 1. The molecule has 7 heteroatoms. The highest BCUT2D eigenvalue weighted by Gasteiger charge is 2.17. The predicted molar refractivity (Wildman–Crippen MR) is 81.8 cm³/mol. The van der Waals surface area contributed by atoms with Crippen LogP contribution in [-0.2, 0) is 0 Å². The van der Waals surface area contributed by atoms with Crippen molar-refractivity contribution in [3.05, 3.63) is 57.8 Å². The summed E-state index contributed by atoms with van der Waals surface area (Å²) in [4.78, 5) is 26.9. The van der Waals surface area contributed by atoms with Crippen LogP contribution in [-0.4, -0.2) is 22.1 Å². The van der Waals surface area contributed by atoms with E-state index >= 15 is 0 Å². The minimum absolute atomic E-state index is 0.0240. The Morgan fingerprint density at radius 1 is 1.33 bits per heavy atom. The summed E-state index contributed by atoms with van der Waals surface area (Å²) in [6.07, 6.45) is 3.44. The first-order valence-electron chi connectivity index (χ1n) is 6.09. The predicted octanol–water partition coefficient (Wildman–Crippen LogP) is 3.27. The Hall–Kier alpha value is -2.41. The van der Waals surface area contributed by atoms with E-state index in [2.05, 4.69) is 10.3 Å². The number of nitrogens with one attached hydrogen (secondary N) is 1. The van der Waals surface area contributed by atoms with Gasteiger partial charge in [0.15, 0.2) is 0 Å². The summed E-state index contributed by atoms with van der Waals surface area (Å²) in [5.41, 5.74) is 1.26. The number of benzene rings is 1. The van der Waals surface area contributed by atoms with Gasteiger partial charge >= 0.3 is 0 Å². The third-order valence-electron chi connectivity index (χ3n) is 2.96. The Labute approximate surface area is 125 Å². The number of anilines is 1. The molecule has 0 fully saturated rings. The molecule has 0 unspecified atom stereocenters. The molecule has 0 saturated heterocycles. The van der Waals surface area contributed by atoms with Gasteiger partial charge in [0.05, 0.1) is 21.7 Å². The van der Waals surface area contributed by atoms with Crippen LogP contribution in [0.3, 0.4) is 0 Å². The van der Waals surface area contributed by atoms with Gasteiger partial charge in [0.25, 0.3) is 11.6 Å². The second-order valence-corrected chi connectivity index (χ2v) is 5.02. The number of aromatic nitrogens is 1. The fourth-order valence-corrected chi connectivity index (χ4v) is 2.42. The Bertz CT molecular complexity index is 704. The topological polar surface area (TPSA) is 85.1 Å². The maximum atomic E-state index is 12.3. The molecule has 0 radical (unpaired) electrons. The molecule has 1 aromatic heterocycles. The van der Waals surface area contributed by atoms with Gasteiger partial charge in [-0.15, -0.1) is 11.8 Å². The number of rotatable bonds is 4. The third kappa shape index (κ3) is 3.19. The molecule has 0 saturated carbocycles. The Balaban J connectivity index is 2.32. The maximum Gasteiger partial charge on any atom is 0.274 e. The molecule has 108 valence electrons.